The zero-order valence-electron chi connectivity index (χ0n) is 10.0. The van der Waals surface area contributed by atoms with Crippen LogP contribution in [0, 0.1) is 0 Å². The SMILES string of the molecule is O=S1(=O)CCCC(NS(=O)(=O)c2ccc(Br)cc2)C1. The van der Waals surface area contributed by atoms with Gasteiger partial charge in [0.2, 0.25) is 10.0 Å². The lowest BCUT2D eigenvalue weighted by Crippen LogP contribution is -2.43. The second-order valence-corrected chi connectivity index (χ2v) is 9.39. The molecule has 0 aromatic heterocycles. The molecule has 1 atom stereocenters. The molecular formula is C11H14BrNO4S2. The minimum absolute atomic E-state index is 0.122. The van der Waals surface area contributed by atoms with Gasteiger partial charge in [0.1, 0.15) is 0 Å². The van der Waals surface area contributed by atoms with E-state index in [-0.39, 0.29) is 16.4 Å². The number of sulfone groups is 1. The molecule has 1 heterocycles. The van der Waals surface area contributed by atoms with E-state index in [0.29, 0.717) is 12.8 Å². The monoisotopic (exact) mass is 367 g/mol. The van der Waals surface area contributed by atoms with Crippen LogP contribution in [0.15, 0.2) is 33.6 Å². The fourth-order valence-electron chi connectivity index (χ4n) is 2.02. The molecule has 19 heavy (non-hydrogen) atoms. The van der Waals surface area contributed by atoms with Crippen molar-refractivity contribution in [3.63, 3.8) is 0 Å². The summed E-state index contributed by atoms with van der Waals surface area (Å²) in [6.45, 7) is 0. The molecule has 1 saturated heterocycles. The van der Waals surface area contributed by atoms with Crippen LogP contribution in [-0.4, -0.2) is 34.4 Å². The van der Waals surface area contributed by atoms with Crippen molar-refractivity contribution in [3.8, 4) is 0 Å². The van der Waals surface area contributed by atoms with Crippen molar-refractivity contribution in [2.75, 3.05) is 11.5 Å². The molecule has 1 N–H and O–H groups in total. The number of halogens is 1. The van der Waals surface area contributed by atoms with E-state index < -0.39 is 25.9 Å². The van der Waals surface area contributed by atoms with E-state index in [1.165, 1.54) is 12.1 Å². The zero-order valence-corrected chi connectivity index (χ0v) is 13.3. The highest BCUT2D eigenvalue weighted by atomic mass is 79.9. The zero-order chi connectivity index (χ0) is 14.1. The quantitative estimate of drug-likeness (QED) is 0.872. The minimum atomic E-state index is -3.66. The Hall–Kier alpha value is -0.440. The molecule has 0 amide bonds. The van der Waals surface area contributed by atoms with Gasteiger partial charge in [-0.05, 0) is 37.1 Å². The summed E-state index contributed by atoms with van der Waals surface area (Å²) in [4.78, 5) is 0.138. The maximum Gasteiger partial charge on any atom is 0.240 e. The highest BCUT2D eigenvalue weighted by Gasteiger charge is 2.28. The number of nitrogens with one attached hydrogen (secondary N) is 1. The summed E-state index contributed by atoms with van der Waals surface area (Å²) >= 11 is 3.23. The lowest BCUT2D eigenvalue weighted by Gasteiger charge is -2.22. The van der Waals surface area contributed by atoms with Crippen LogP contribution in [0.4, 0.5) is 0 Å². The van der Waals surface area contributed by atoms with Gasteiger partial charge in [-0.25, -0.2) is 21.6 Å². The summed E-state index contributed by atoms with van der Waals surface area (Å²) in [5.74, 6) is 0.0201. The van der Waals surface area contributed by atoms with Crippen molar-refractivity contribution in [2.45, 2.75) is 23.8 Å². The van der Waals surface area contributed by atoms with Gasteiger partial charge in [-0.3, -0.25) is 0 Å². The van der Waals surface area contributed by atoms with Gasteiger partial charge in [0.25, 0.3) is 0 Å². The van der Waals surface area contributed by atoms with E-state index in [1.54, 1.807) is 12.1 Å². The van der Waals surface area contributed by atoms with Crippen molar-refractivity contribution in [3.05, 3.63) is 28.7 Å². The highest BCUT2D eigenvalue weighted by molar-refractivity contribution is 9.10. The van der Waals surface area contributed by atoms with Gasteiger partial charge >= 0.3 is 0 Å². The van der Waals surface area contributed by atoms with Crippen molar-refractivity contribution in [2.24, 2.45) is 0 Å². The standard InChI is InChI=1S/C11H14BrNO4S2/c12-9-3-5-11(6-4-9)19(16,17)13-10-2-1-7-18(14,15)8-10/h3-6,10,13H,1-2,7-8H2. The van der Waals surface area contributed by atoms with Crippen molar-refractivity contribution in [1.29, 1.82) is 0 Å². The van der Waals surface area contributed by atoms with E-state index in [2.05, 4.69) is 20.7 Å². The van der Waals surface area contributed by atoms with Crippen molar-refractivity contribution >= 4 is 35.8 Å². The summed E-state index contributed by atoms with van der Waals surface area (Å²) in [5.41, 5.74) is 0. The molecular weight excluding hydrogens is 354 g/mol. The Morgan fingerprint density at radius 3 is 2.42 bits per heavy atom. The van der Waals surface area contributed by atoms with Gasteiger partial charge in [0.15, 0.2) is 9.84 Å². The minimum Gasteiger partial charge on any atom is -0.229 e. The third-order valence-corrected chi connectivity index (χ3v) is 6.79. The van der Waals surface area contributed by atoms with Crippen LogP contribution in [0.2, 0.25) is 0 Å². The molecule has 2 rings (SSSR count). The average molecular weight is 368 g/mol. The third kappa shape index (κ3) is 4.01. The Morgan fingerprint density at radius 1 is 1.21 bits per heavy atom. The second-order valence-electron chi connectivity index (χ2n) is 4.53. The predicted octanol–water partition coefficient (Wildman–Crippen LogP) is 1.30. The maximum absolute atomic E-state index is 12.1. The molecule has 0 aliphatic carbocycles. The Kier molecular flexibility index (Phi) is 4.34. The molecule has 1 aliphatic rings. The summed E-state index contributed by atoms with van der Waals surface area (Å²) in [6.07, 6.45) is 1.05. The average Bonchev–Trinajstić information content (AvgIpc) is 2.27. The number of sulfonamides is 1. The second kappa shape index (κ2) is 5.51. The fourth-order valence-corrected chi connectivity index (χ4v) is 5.29. The molecule has 1 fully saturated rings. The third-order valence-electron chi connectivity index (χ3n) is 2.91. The van der Waals surface area contributed by atoms with E-state index in [0.717, 1.165) is 4.47 Å². The van der Waals surface area contributed by atoms with Crippen molar-refractivity contribution in [1.82, 2.24) is 4.72 Å². The lowest BCUT2D eigenvalue weighted by atomic mass is 10.2. The van der Waals surface area contributed by atoms with Crippen LogP contribution in [0.25, 0.3) is 0 Å². The summed E-state index contributed by atoms with van der Waals surface area (Å²) in [5, 5.41) is 0. The molecule has 0 spiro atoms. The number of hydrogen-bond acceptors (Lipinski definition) is 4. The predicted molar refractivity (Wildman–Crippen MR) is 76.1 cm³/mol. The molecule has 0 saturated carbocycles. The maximum atomic E-state index is 12.1. The number of hydrogen-bond donors (Lipinski definition) is 1. The first kappa shape index (κ1) is 15.0. The molecule has 1 unspecified atom stereocenters. The van der Waals surface area contributed by atoms with Crippen LogP contribution in [0.5, 0.6) is 0 Å². The molecule has 5 nitrogen and oxygen atoms in total. The van der Waals surface area contributed by atoms with Crippen LogP contribution >= 0.6 is 15.9 Å². The molecule has 1 aromatic rings. The first-order valence-electron chi connectivity index (χ1n) is 5.77. The largest absolute Gasteiger partial charge is 0.240 e. The van der Waals surface area contributed by atoms with E-state index in [4.69, 9.17) is 0 Å². The van der Waals surface area contributed by atoms with Gasteiger partial charge in [0, 0.05) is 10.5 Å². The summed E-state index contributed by atoms with van der Waals surface area (Å²) in [7, 11) is -6.79. The fraction of sp³-hybridized carbons (Fsp3) is 0.455. The normalized spacial score (nSPS) is 23.1. The van der Waals surface area contributed by atoms with Crippen LogP contribution in [-0.2, 0) is 19.9 Å². The van der Waals surface area contributed by atoms with Gasteiger partial charge in [0.05, 0.1) is 16.4 Å². The van der Waals surface area contributed by atoms with Crippen LogP contribution < -0.4 is 4.72 Å². The Bertz CT molecular complexity index is 652. The van der Waals surface area contributed by atoms with E-state index in [1.807, 2.05) is 0 Å². The highest BCUT2D eigenvalue weighted by Crippen LogP contribution is 2.18. The molecule has 0 bridgehead atoms. The molecule has 106 valence electrons. The van der Waals surface area contributed by atoms with Gasteiger partial charge in [-0.1, -0.05) is 15.9 Å². The van der Waals surface area contributed by atoms with Crippen LogP contribution in [0.3, 0.4) is 0 Å². The van der Waals surface area contributed by atoms with Gasteiger partial charge in [-0.15, -0.1) is 0 Å². The summed E-state index contributed by atoms with van der Waals surface area (Å²) in [6, 6.07) is 5.68. The van der Waals surface area contributed by atoms with Crippen LogP contribution in [0.1, 0.15) is 12.8 Å². The molecule has 0 radical (unpaired) electrons. The van der Waals surface area contributed by atoms with Gasteiger partial charge < -0.3 is 0 Å². The topological polar surface area (TPSA) is 80.3 Å². The number of rotatable bonds is 3. The van der Waals surface area contributed by atoms with E-state index in [9.17, 15) is 16.8 Å². The lowest BCUT2D eigenvalue weighted by molar-refractivity contribution is 0.517. The smallest absolute Gasteiger partial charge is 0.229 e. The number of benzene rings is 1. The summed E-state index contributed by atoms with van der Waals surface area (Å²) < 4.78 is 50.4. The van der Waals surface area contributed by atoms with Gasteiger partial charge in [-0.2, -0.15) is 0 Å². The first-order chi connectivity index (χ1) is 8.78. The molecule has 1 aliphatic heterocycles. The Labute approximate surface area is 121 Å². The van der Waals surface area contributed by atoms with Crippen molar-refractivity contribution < 1.29 is 16.8 Å². The first-order valence-corrected chi connectivity index (χ1v) is 9.87. The Morgan fingerprint density at radius 2 is 1.84 bits per heavy atom. The van der Waals surface area contributed by atoms with E-state index >= 15 is 0 Å². The molecule has 1 aromatic carbocycles. The molecule has 8 heteroatoms. The Balaban J connectivity index is 2.15.